The second kappa shape index (κ2) is 8.12. The van der Waals surface area contributed by atoms with Crippen molar-refractivity contribution >= 4 is 6.21 Å². The van der Waals surface area contributed by atoms with E-state index in [2.05, 4.69) is 15.2 Å². The summed E-state index contributed by atoms with van der Waals surface area (Å²) in [4.78, 5) is 16.9. The summed E-state index contributed by atoms with van der Waals surface area (Å²) in [6, 6.07) is 3.91. The van der Waals surface area contributed by atoms with Crippen LogP contribution in [0.15, 0.2) is 21.9 Å². The van der Waals surface area contributed by atoms with Crippen molar-refractivity contribution in [1.29, 1.82) is 0 Å². The molecular formula is C19H25N3O4. The molecule has 1 heterocycles. The van der Waals surface area contributed by atoms with Gasteiger partial charge in [-0.15, -0.1) is 0 Å². The van der Waals surface area contributed by atoms with Crippen molar-refractivity contribution in [3.8, 4) is 28.5 Å². The molecule has 0 unspecified atom stereocenters. The van der Waals surface area contributed by atoms with Crippen LogP contribution in [0.2, 0.25) is 0 Å². The molecule has 0 bridgehead atoms. The highest BCUT2D eigenvalue weighted by Crippen LogP contribution is 2.41. The van der Waals surface area contributed by atoms with Crippen LogP contribution in [0.25, 0.3) is 11.3 Å². The topological polar surface area (TPSA) is 88.7 Å². The number of H-pyrrole nitrogens is 2. The SMILES string of the molecule is COc1cc(-c2[nH][nH]c(=O)c2C=NC2CCCCC2)cc(OC)c1OC. The minimum Gasteiger partial charge on any atom is -0.493 e. The second-order valence-corrected chi connectivity index (χ2v) is 6.35. The molecule has 7 nitrogen and oxygen atoms in total. The van der Waals surface area contributed by atoms with E-state index in [4.69, 9.17) is 14.2 Å². The predicted octanol–water partition coefficient (Wildman–Crippen LogP) is 3.15. The Bertz CT molecular complexity index is 807. The van der Waals surface area contributed by atoms with Crippen molar-refractivity contribution in [2.24, 2.45) is 4.99 Å². The van der Waals surface area contributed by atoms with Crippen LogP contribution in [-0.4, -0.2) is 43.8 Å². The Morgan fingerprint density at radius 2 is 1.65 bits per heavy atom. The highest BCUT2D eigenvalue weighted by molar-refractivity contribution is 5.89. The lowest BCUT2D eigenvalue weighted by molar-refractivity contribution is 0.324. The molecule has 1 aliphatic carbocycles. The fourth-order valence-corrected chi connectivity index (χ4v) is 3.35. The van der Waals surface area contributed by atoms with Crippen molar-refractivity contribution in [3.63, 3.8) is 0 Å². The molecule has 3 rings (SSSR count). The maximum absolute atomic E-state index is 12.3. The average molecular weight is 359 g/mol. The van der Waals surface area contributed by atoms with Crippen molar-refractivity contribution < 1.29 is 14.2 Å². The number of hydrogen-bond donors (Lipinski definition) is 2. The number of aromatic amines is 2. The van der Waals surface area contributed by atoms with Crippen LogP contribution in [0.1, 0.15) is 37.7 Å². The molecule has 7 heteroatoms. The Morgan fingerprint density at radius 1 is 1.00 bits per heavy atom. The first kappa shape index (κ1) is 18.1. The minimum atomic E-state index is -0.201. The smallest absolute Gasteiger partial charge is 0.273 e. The zero-order chi connectivity index (χ0) is 18.5. The molecule has 0 amide bonds. The molecule has 0 spiro atoms. The van der Waals surface area contributed by atoms with Crippen LogP contribution in [0, 0.1) is 0 Å². The summed E-state index contributed by atoms with van der Waals surface area (Å²) in [6.07, 6.45) is 7.52. The third kappa shape index (κ3) is 3.61. The van der Waals surface area contributed by atoms with Gasteiger partial charge in [0.25, 0.3) is 5.56 Å². The number of rotatable bonds is 6. The van der Waals surface area contributed by atoms with Crippen LogP contribution in [-0.2, 0) is 0 Å². The zero-order valence-electron chi connectivity index (χ0n) is 15.4. The number of ether oxygens (including phenoxy) is 3. The Hall–Kier alpha value is -2.70. The van der Waals surface area contributed by atoms with Crippen molar-refractivity contribution in [3.05, 3.63) is 28.0 Å². The maximum Gasteiger partial charge on any atom is 0.273 e. The molecule has 140 valence electrons. The highest BCUT2D eigenvalue weighted by Gasteiger charge is 2.18. The Morgan fingerprint density at radius 3 is 2.23 bits per heavy atom. The summed E-state index contributed by atoms with van der Waals surface area (Å²) in [5.74, 6) is 1.56. The lowest BCUT2D eigenvalue weighted by Gasteiger charge is -2.17. The quantitative estimate of drug-likeness (QED) is 0.776. The van der Waals surface area contributed by atoms with Gasteiger partial charge in [0.1, 0.15) is 0 Å². The van der Waals surface area contributed by atoms with Crippen LogP contribution in [0.5, 0.6) is 17.2 Å². The highest BCUT2D eigenvalue weighted by atomic mass is 16.5. The van der Waals surface area contributed by atoms with Gasteiger partial charge in [-0.2, -0.15) is 0 Å². The minimum absolute atomic E-state index is 0.201. The maximum atomic E-state index is 12.3. The summed E-state index contributed by atoms with van der Waals surface area (Å²) in [5.41, 5.74) is 1.70. The second-order valence-electron chi connectivity index (χ2n) is 6.35. The number of methoxy groups -OCH3 is 3. The number of benzene rings is 1. The number of aliphatic imine (C=N–C) groups is 1. The largest absolute Gasteiger partial charge is 0.493 e. The molecule has 0 radical (unpaired) electrons. The van der Waals surface area contributed by atoms with E-state index in [-0.39, 0.29) is 5.56 Å². The van der Waals surface area contributed by atoms with Gasteiger partial charge in [-0.1, -0.05) is 19.3 Å². The molecule has 2 N–H and O–H groups in total. The lowest BCUT2D eigenvalue weighted by Crippen LogP contribution is -2.12. The normalized spacial score (nSPS) is 15.3. The van der Waals surface area contributed by atoms with E-state index in [1.54, 1.807) is 39.7 Å². The number of nitrogens with zero attached hydrogens (tertiary/aromatic N) is 1. The van der Waals surface area contributed by atoms with Gasteiger partial charge in [0, 0.05) is 17.8 Å². The molecule has 1 aromatic heterocycles. The fraction of sp³-hybridized carbons (Fsp3) is 0.474. The Balaban J connectivity index is 2.00. The van der Waals surface area contributed by atoms with E-state index in [9.17, 15) is 4.79 Å². The lowest BCUT2D eigenvalue weighted by atomic mass is 9.96. The van der Waals surface area contributed by atoms with E-state index >= 15 is 0 Å². The van der Waals surface area contributed by atoms with Gasteiger partial charge >= 0.3 is 0 Å². The molecule has 26 heavy (non-hydrogen) atoms. The standard InChI is InChI=1S/C19H25N3O4/c1-24-15-9-12(10-16(25-2)18(15)26-3)17-14(19(23)22-21-17)11-20-13-7-5-4-6-8-13/h9-11,13H,4-8H2,1-3H3,(H2,21,22,23). The molecule has 1 aliphatic rings. The van der Waals surface area contributed by atoms with E-state index in [1.165, 1.54) is 19.3 Å². The molecule has 0 saturated heterocycles. The molecule has 1 fully saturated rings. The number of nitrogens with one attached hydrogen (secondary N) is 2. The Kier molecular flexibility index (Phi) is 5.65. The first-order valence-electron chi connectivity index (χ1n) is 8.82. The van der Waals surface area contributed by atoms with E-state index in [0.717, 1.165) is 18.4 Å². The first-order chi connectivity index (χ1) is 12.7. The van der Waals surface area contributed by atoms with Crippen molar-refractivity contribution in [1.82, 2.24) is 10.2 Å². The average Bonchev–Trinajstić information content (AvgIpc) is 3.06. The summed E-state index contributed by atoms with van der Waals surface area (Å²) >= 11 is 0. The van der Waals surface area contributed by atoms with Crippen LogP contribution in [0.3, 0.4) is 0 Å². The zero-order valence-corrected chi connectivity index (χ0v) is 15.4. The van der Waals surface area contributed by atoms with Crippen LogP contribution >= 0.6 is 0 Å². The van der Waals surface area contributed by atoms with Gasteiger partial charge in [0.2, 0.25) is 5.75 Å². The van der Waals surface area contributed by atoms with Gasteiger partial charge in [-0.3, -0.25) is 20.0 Å². The summed E-state index contributed by atoms with van der Waals surface area (Å²) in [6.45, 7) is 0. The van der Waals surface area contributed by atoms with Gasteiger partial charge in [0.15, 0.2) is 11.5 Å². The summed E-state index contributed by atoms with van der Waals surface area (Å²) in [7, 11) is 4.68. The molecule has 2 aromatic rings. The van der Waals surface area contributed by atoms with Gasteiger partial charge in [-0.05, 0) is 25.0 Å². The molecular weight excluding hydrogens is 334 g/mol. The Labute approximate surface area is 152 Å². The third-order valence-corrected chi connectivity index (χ3v) is 4.76. The van der Waals surface area contributed by atoms with Crippen LogP contribution in [0.4, 0.5) is 0 Å². The molecule has 0 aliphatic heterocycles. The molecule has 1 aromatic carbocycles. The third-order valence-electron chi connectivity index (χ3n) is 4.76. The number of hydrogen-bond acceptors (Lipinski definition) is 5. The first-order valence-corrected chi connectivity index (χ1v) is 8.82. The van der Waals surface area contributed by atoms with E-state index in [0.29, 0.717) is 34.5 Å². The van der Waals surface area contributed by atoms with Crippen LogP contribution < -0.4 is 19.8 Å². The van der Waals surface area contributed by atoms with Gasteiger partial charge < -0.3 is 14.2 Å². The monoisotopic (exact) mass is 359 g/mol. The van der Waals surface area contributed by atoms with Crippen molar-refractivity contribution in [2.75, 3.05) is 21.3 Å². The summed E-state index contributed by atoms with van der Waals surface area (Å²) in [5, 5.41) is 5.58. The van der Waals surface area contributed by atoms with Gasteiger partial charge in [0.05, 0.1) is 32.6 Å². The molecule has 1 saturated carbocycles. The van der Waals surface area contributed by atoms with E-state index < -0.39 is 0 Å². The van der Waals surface area contributed by atoms with Crippen molar-refractivity contribution in [2.45, 2.75) is 38.1 Å². The van der Waals surface area contributed by atoms with Gasteiger partial charge in [-0.25, -0.2) is 0 Å². The number of aromatic nitrogens is 2. The van der Waals surface area contributed by atoms with E-state index in [1.807, 2.05) is 0 Å². The fourth-order valence-electron chi connectivity index (χ4n) is 3.35. The summed E-state index contributed by atoms with van der Waals surface area (Å²) < 4.78 is 16.2. The predicted molar refractivity (Wildman–Crippen MR) is 101 cm³/mol. The molecule has 0 atom stereocenters.